The summed E-state index contributed by atoms with van der Waals surface area (Å²) in [6.07, 6.45) is 2.85. The quantitative estimate of drug-likeness (QED) is 0.874. The molecule has 1 aromatic rings. The number of carbonyl (C=O) groups is 2. The third-order valence-electron chi connectivity index (χ3n) is 4.25. The van der Waals surface area contributed by atoms with Crippen LogP contribution in [0.1, 0.15) is 39.5 Å². The molecule has 1 aliphatic rings. The Balaban J connectivity index is 1.79. The van der Waals surface area contributed by atoms with Crippen LogP contribution in [0.3, 0.4) is 0 Å². The molecule has 0 saturated heterocycles. The Morgan fingerprint density at radius 2 is 1.74 bits per heavy atom. The maximum absolute atomic E-state index is 13.1. The highest BCUT2D eigenvalue weighted by Crippen LogP contribution is 2.30. The van der Waals surface area contributed by atoms with Crippen LogP contribution < -0.4 is 10.6 Å². The molecule has 1 fully saturated rings. The van der Waals surface area contributed by atoms with E-state index in [1.54, 1.807) is 12.1 Å². The summed E-state index contributed by atoms with van der Waals surface area (Å²) < 4.78 is 13.1. The minimum Gasteiger partial charge on any atom is -0.356 e. The third kappa shape index (κ3) is 5.34. The lowest BCUT2D eigenvalue weighted by molar-refractivity contribution is -0.128. The van der Waals surface area contributed by atoms with E-state index in [4.69, 9.17) is 0 Å². The maximum atomic E-state index is 13.1. The topological polar surface area (TPSA) is 58.2 Å². The van der Waals surface area contributed by atoms with Gasteiger partial charge >= 0.3 is 0 Å². The van der Waals surface area contributed by atoms with Gasteiger partial charge in [0.25, 0.3) is 0 Å². The van der Waals surface area contributed by atoms with Gasteiger partial charge in [0.15, 0.2) is 0 Å². The van der Waals surface area contributed by atoms with Crippen molar-refractivity contribution in [3.05, 3.63) is 30.1 Å². The first-order valence-corrected chi connectivity index (χ1v) is 8.30. The van der Waals surface area contributed by atoms with Crippen molar-refractivity contribution in [1.29, 1.82) is 0 Å². The predicted octanol–water partition coefficient (Wildman–Crippen LogP) is 3.34. The van der Waals surface area contributed by atoms with Crippen LogP contribution in [0, 0.1) is 23.6 Å². The van der Waals surface area contributed by atoms with Gasteiger partial charge in [0.2, 0.25) is 11.8 Å². The Hall–Kier alpha value is -1.91. The van der Waals surface area contributed by atoms with Crippen molar-refractivity contribution in [2.24, 2.45) is 17.8 Å². The molecule has 0 unspecified atom stereocenters. The molecular weight excluding hydrogens is 295 g/mol. The molecule has 0 bridgehead atoms. The molecule has 1 aliphatic carbocycles. The number of carbonyl (C=O) groups excluding carboxylic acids is 2. The second kappa shape index (κ2) is 8.09. The van der Waals surface area contributed by atoms with Crippen LogP contribution in [0.25, 0.3) is 0 Å². The van der Waals surface area contributed by atoms with Crippen LogP contribution in [0.15, 0.2) is 24.3 Å². The largest absolute Gasteiger partial charge is 0.356 e. The number of amides is 2. The van der Waals surface area contributed by atoms with Crippen LogP contribution in [0.5, 0.6) is 0 Å². The summed E-state index contributed by atoms with van der Waals surface area (Å²) >= 11 is 0. The zero-order valence-corrected chi connectivity index (χ0v) is 13.8. The lowest BCUT2D eigenvalue weighted by Gasteiger charge is -2.27. The van der Waals surface area contributed by atoms with Crippen LogP contribution in [0.4, 0.5) is 10.1 Å². The Morgan fingerprint density at radius 3 is 2.30 bits per heavy atom. The van der Waals surface area contributed by atoms with Crippen LogP contribution in [-0.4, -0.2) is 18.4 Å². The lowest BCUT2D eigenvalue weighted by Crippen LogP contribution is -2.37. The summed E-state index contributed by atoms with van der Waals surface area (Å²) in [4.78, 5) is 24.3. The summed E-state index contributed by atoms with van der Waals surface area (Å²) in [5.41, 5.74) is 0.479. The number of rotatable bonds is 5. The van der Waals surface area contributed by atoms with Crippen LogP contribution >= 0.6 is 0 Å². The highest BCUT2D eigenvalue weighted by Gasteiger charge is 2.29. The summed E-state index contributed by atoms with van der Waals surface area (Å²) in [5.74, 6) is -0.0145. The van der Waals surface area contributed by atoms with Gasteiger partial charge in [0.05, 0.1) is 0 Å². The molecule has 1 saturated carbocycles. The fraction of sp³-hybridized carbons (Fsp3) is 0.556. The molecule has 1 aromatic carbocycles. The standard InChI is InChI=1S/C18H25FN2O2/c1-12(2)11-20-17(22)13-6-8-14(9-7-13)18(23)21-16-5-3-4-15(19)10-16/h3-5,10,12-14H,6-9,11H2,1-2H3,(H,20,22)(H,21,23). The molecule has 2 rings (SSSR count). The van der Waals surface area contributed by atoms with Gasteiger partial charge in [-0.15, -0.1) is 0 Å². The van der Waals surface area contributed by atoms with Gasteiger partial charge in [-0.2, -0.15) is 0 Å². The highest BCUT2D eigenvalue weighted by atomic mass is 19.1. The molecule has 126 valence electrons. The molecular formula is C18H25FN2O2. The fourth-order valence-electron chi connectivity index (χ4n) is 2.88. The van der Waals surface area contributed by atoms with E-state index >= 15 is 0 Å². The Kier molecular flexibility index (Phi) is 6.13. The molecule has 0 aliphatic heterocycles. The molecule has 0 atom stereocenters. The predicted molar refractivity (Wildman–Crippen MR) is 88.3 cm³/mol. The molecule has 4 nitrogen and oxygen atoms in total. The molecule has 0 heterocycles. The van der Waals surface area contributed by atoms with Gasteiger partial charge < -0.3 is 10.6 Å². The van der Waals surface area contributed by atoms with E-state index < -0.39 is 0 Å². The van der Waals surface area contributed by atoms with E-state index in [1.807, 2.05) is 0 Å². The van der Waals surface area contributed by atoms with Crippen molar-refractivity contribution >= 4 is 17.5 Å². The van der Waals surface area contributed by atoms with Gasteiger partial charge in [-0.1, -0.05) is 19.9 Å². The zero-order chi connectivity index (χ0) is 16.8. The van der Waals surface area contributed by atoms with E-state index in [1.165, 1.54) is 12.1 Å². The van der Waals surface area contributed by atoms with E-state index in [-0.39, 0.29) is 29.5 Å². The monoisotopic (exact) mass is 320 g/mol. The smallest absolute Gasteiger partial charge is 0.227 e. The lowest BCUT2D eigenvalue weighted by atomic mass is 9.81. The molecule has 2 amide bonds. The van der Waals surface area contributed by atoms with Crippen molar-refractivity contribution in [3.8, 4) is 0 Å². The summed E-state index contributed by atoms with van der Waals surface area (Å²) in [7, 11) is 0. The SMILES string of the molecule is CC(C)CNC(=O)C1CCC(C(=O)Nc2cccc(F)c2)CC1. The Morgan fingerprint density at radius 1 is 1.13 bits per heavy atom. The first kappa shape index (κ1) is 17.4. The van der Waals surface area contributed by atoms with Gasteiger partial charge in [-0.25, -0.2) is 4.39 Å². The van der Waals surface area contributed by atoms with Gasteiger partial charge in [0, 0.05) is 24.1 Å². The molecule has 0 aromatic heterocycles. The van der Waals surface area contributed by atoms with Crippen molar-refractivity contribution < 1.29 is 14.0 Å². The van der Waals surface area contributed by atoms with Gasteiger partial charge in [0.1, 0.15) is 5.82 Å². The van der Waals surface area contributed by atoms with Crippen LogP contribution in [0.2, 0.25) is 0 Å². The average molecular weight is 320 g/mol. The van der Waals surface area contributed by atoms with Crippen molar-refractivity contribution in [2.75, 3.05) is 11.9 Å². The summed E-state index contributed by atoms with van der Waals surface area (Å²) in [5, 5.41) is 5.72. The first-order valence-electron chi connectivity index (χ1n) is 8.30. The van der Waals surface area contributed by atoms with Gasteiger partial charge in [-0.3, -0.25) is 9.59 Å². The minimum absolute atomic E-state index is 0.00645. The van der Waals surface area contributed by atoms with E-state index in [0.717, 1.165) is 12.8 Å². The number of anilines is 1. The Bertz CT molecular complexity index is 552. The average Bonchev–Trinajstić information content (AvgIpc) is 2.52. The summed E-state index contributed by atoms with van der Waals surface area (Å²) in [6, 6.07) is 5.90. The normalized spacial score (nSPS) is 21.0. The minimum atomic E-state index is -0.367. The first-order chi connectivity index (χ1) is 11.0. The third-order valence-corrected chi connectivity index (χ3v) is 4.25. The molecule has 0 radical (unpaired) electrons. The van der Waals surface area contributed by atoms with Crippen molar-refractivity contribution in [3.63, 3.8) is 0 Å². The van der Waals surface area contributed by atoms with Crippen molar-refractivity contribution in [1.82, 2.24) is 5.32 Å². The Labute approximate surface area is 136 Å². The second-order valence-corrected chi connectivity index (χ2v) is 6.69. The number of hydrogen-bond donors (Lipinski definition) is 2. The van der Waals surface area contributed by atoms with Gasteiger partial charge in [-0.05, 0) is 49.8 Å². The molecule has 5 heteroatoms. The number of nitrogens with one attached hydrogen (secondary N) is 2. The highest BCUT2D eigenvalue weighted by molar-refractivity contribution is 5.92. The fourth-order valence-corrected chi connectivity index (χ4v) is 2.88. The number of halogens is 1. The second-order valence-electron chi connectivity index (χ2n) is 6.69. The summed E-state index contributed by atoms with van der Waals surface area (Å²) in [6.45, 7) is 4.82. The van der Waals surface area contributed by atoms with E-state index in [0.29, 0.717) is 31.0 Å². The maximum Gasteiger partial charge on any atom is 0.227 e. The number of hydrogen-bond acceptors (Lipinski definition) is 2. The van der Waals surface area contributed by atoms with Crippen molar-refractivity contribution in [2.45, 2.75) is 39.5 Å². The van der Waals surface area contributed by atoms with E-state index in [9.17, 15) is 14.0 Å². The molecule has 23 heavy (non-hydrogen) atoms. The van der Waals surface area contributed by atoms with Crippen LogP contribution in [-0.2, 0) is 9.59 Å². The number of benzene rings is 1. The van der Waals surface area contributed by atoms with E-state index in [2.05, 4.69) is 24.5 Å². The molecule has 2 N–H and O–H groups in total. The molecule has 0 spiro atoms. The zero-order valence-electron chi connectivity index (χ0n) is 13.8.